The molecule has 84 valence electrons. The van der Waals surface area contributed by atoms with Crippen molar-refractivity contribution in [3.8, 4) is 0 Å². The molecule has 0 aromatic heterocycles. The maximum absolute atomic E-state index is 11.4. The van der Waals surface area contributed by atoms with Gasteiger partial charge in [-0.1, -0.05) is 26.7 Å². The lowest BCUT2D eigenvalue weighted by Crippen LogP contribution is -2.27. The summed E-state index contributed by atoms with van der Waals surface area (Å²) in [6.07, 6.45) is 3.07. The van der Waals surface area contributed by atoms with E-state index in [1.807, 2.05) is 6.92 Å². The molecule has 0 aromatic rings. The van der Waals surface area contributed by atoms with Crippen molar-refractivity contribution < 1.29 is 9.53 Å². The molecule has 0 saturated heterocycles. The highest BCUT2D eigenvalue weighted by Gasteiger charge is 2.21. The van der Waals surface area contributed by atoms with Crippen molar-refractivity contribution >= 4 is 5.97 Å². The average molecular weight is 201 g/mol. The van der Waals surface area contributed by atoms with Crippen molar-refractivity contribution in [1.29, 1.82) is 0 Å². The van der Waals surface area contributed by atoms with E-state index >= 15 is 0 Å². The number of ether oxygens (including phenoxy) is 1. The lowest BCUT2D eigenvalue weighted by Gasteiger charge is -2.18. The highest BCUT2D eigenvalue weighted by atomic mass is 16.5. The number of hydrogen-bond donors (Lipinski definition) is 1. The Morgan fingerprint density at radius 3 is 2.21 bits per heavy atom. The van der Waals surface area contributed by atoms with Crippen LogP contribution in [0.4, 0.5) is 0 Å². The van der Waals surface area contributed by atoms with Gasteiger partial charge in [-0.25, -0.2) is 0 Å². The van der Waals surface area contributed by atoms with Gasteiger partial charge in [-0.05, 0) is 19.3 Å². The van der Waals surface area contributed by atoms with Gasteiger partial charge in [-0.2, -0.15) is 0 Å². The molecule has 3 heteroatoms. The van der Waals surface area contributed by atoms with Crippen LogP contribution in [0.2, 0.25) is 0 Å². The third-order valence-corrected chi connectivity index (χ3v) is 2.68. The van der Waals surface area contributed by atoms with Gasteiger partial charge in [-0.3, -0.25) is 4.79 Å². The predicted octanol–water partition coefficient (Wildman–Crippen LogP) is 1.95. The first-order chi connectivity index (χ1) is 6.69. The first-order valence-electron chi connectivity index (χ1n) is 5.56. The Bertz CT molecular complexity index is 155. The maximum atomic E-state index is 11.4. The molecule has 3 nitrogen and oxygen atoms in total. The minimum Gasteiger partial charge on any atom is -0.466 e. The zero-order valence-electron chi connectivity index (χ0n) is 9.58. The Hall–Kier alpha value is -0.570. The molecule has 0 amide bonds. The van der Waals surface area contributed by atoms with E-state index in [1.165, 1.54) is 0 Å². The Balaban J connectivity index is 4.05. The second kappa shape index (κ2) is 7.80. The van der Waals surface area contributed by atoms with E-state index in [2.05, 4.69) is 13.8 Å². The highest BCUT2D eigenvalue weighted by molar-refractivity contribution is 5.72. The zero-order valence-corrected chi connectivity index (χ0v) is 9.58. The van der Waals surface area contributed by atoms with Crippen molar-refractivity contribution in [1.82, 2.24) is 0 Å². The maximum Gasteiger partial charge on any atom is 0.310 e. The monoisotopic (exact) mass is 201 g/mol. The summed E-state index contributed by atoms with van der Waals surface area (Å²) in [5, 5.41) is 0. The van der Waals surface area contributed by atoms with Crippen LogP contribution in [0.1, 0.15) is 40.0 Å². The fraction of sp³-hybridized carbons (Fsp3) is 0.909. The van der Waals surface area contributed by atoms with E-state index < -0.39 is 0 Å². The van der Waals surface area contributed by atoms with E-state index in [-0.39, 0.29) is 11.9 Å². The van der Waals surface area contributed by atoms with Gasteiger partial charge in [0.1, 0.15) is 0 Å². The topological polar surface area (TPSA) is 52.3 Å². The van der Waals surface area contributed by atoms with Crippen LogP contribution in [0, 0.1) is 11.8 Å². The summed E-state index contributed by atoms with van der Waals surface area (Å²) in [6.45, 7) is 6.95. The Kier molecular flexibility index (Phi) is 7.48. The molecule has 0 spiro atoms. The lowest BCUT2D eigenvalue weighted by molar-refractivity contribution is -0.148. The van der Waals surface area contributed by atoms with Crippen LogP contribution in [0.5, 0.6) is 0 Å². The highest BCUT2D eigenvalue weighted by Crippen LogP contribution is 2.19. The van der Waals surface area contributed by atoms with Crippen LogP contribution < -0.4 is 5.73 Å². The number of nitrogens with two attached hydrogens (primary N) is 1. The fourth-order valence-corrected chi connectivity index (χ4v) is 1.57. The van der Waals surface area contributed by atoms with Crippen molar-refractivity contribution in [2.75, 3.05) is 13.2 Å². The first kappa shape index (κ1) is 13.4. The van der Waals surface area contributed by atoms with Gasteiger partial charge in [0, 0.05) is 6.54 Å². The van der Waals surface area contributed by atoms with Gasteiger partial charge in [0.15, 0.2) is 0 Å². The number of hydrogen-bond acceptors (Lipinski definition) is 3. The molecule has 0 aromatic carbocycles. The fourth-order valence-electron chi connectivity index (χ4n) is 1.57. The molecule has 2 N–H and O–H groups in total. The molecule has 0 aliphatic rings. The molecule has 0 aliphatic heterocycles. The molecule has 14 heavy (non-hydrogen) atoms. The normalized spacial score (nSPS) is 12.9. The lowest BCUT2D eigenvalue weighted by atomic mass is 9.91. The first-order valence-corrected chi connectivity index (χ1v) is 5.56. The molecule has 1 unspecified atom stereocenters. The van der Waals surface area contributed by atoms with Gasteiger partial charge < -0.3 is 10.5 Å². The minimum atomic E-state index is -0.137. The summed E-state index contributed by atoms with van der Waals surface area (Å²) < 4.78 is 4.97. The van der Waals surface area contributed by atoms with Crippen LogP contribution in [0.25, 0.3) is 0 Å². The Labute approximate surface area is 87.0 Å². The summed E-state index contributed by atoms with van der Waals surface area (Å²) in [6, 6.07) is 0. The van der Waals surface area contributed by atoms with E-state index in [9.17, 15) is 4.79 Å². The standard InChI is InChI=1S/C11H23NO2/c1-4-9(5-2)7-10(8-12)11(13)14-6-3/h9-10H,4-8,12H2,1-3H3. The van der Waals surface area contributed by atoms with Crippen molar-refractivity contribution in [3.63, 3.8) is 0 Å². The van der Waals surface area contributed by atoms with Crippen LogP contribution in [0.15, 0.2) is 0 Å². The van der Waals surface area contributed by atoms with Gasteiger partial charge in [0.05, 0.1) is 12.5 Å². The molecular formula is C11H23NO2. The Morgan fingerprint density at radius 2 is 1.86 bits per heavy atom. The van der Waals surface area contributed by atoms with Crippen LogP contribution in [-0.2, 0) is 9.53 Å². The second-order valence-corrected chi connectivity index (χ2v) is 3.60. The van der Waals surface area contributed by atoms with Crippen LogP contribution in [-0.4, -0.2) is 19.1 Å². The zero-order chi connectivity index (χ0) is 11.0. The number of esters is 1. The largest absolute Gasteiger partial charge is 0.466 e. The number of rotatable bonds is 7. The van der Waals surface area contributed by atoms with Gasteiger partial charge in [-0.15, -0.1) is 0 Å². The Morgan fingerprint density at radius 1 is 1.29 bits per heavy atom. The summed E-state index contributed by atoms with van der Waals surface area (Å²) >= 11 is 0. The third kappa shape index (κ3) is 4.61. The number of carbonyl (C=O) groups is 1. The minimum absolute atomic E-state index is 0.111. The molecule has 0 rings (SSSR count). The number of carbonyl (C=O) groups excluding carboxylic acids is 1. The SMILES string of the molecule is CCOC(=O)C(CN)CC(CC)CC. The van der Waals surface area contributed by atoms with E-state index in [4.69, 9.17) is 10.5 Å². The molecule has 1 atom stereocenters. The quantitative estimate of drug-likeness (QED) is 0.640. The van der Waals surface area contributed by atoms with Crippen LogP contribution in [0.3, 0.4) is 0 Å². The molecule has 0 saturated carbocycles. The summed E-state index contributed by atoms with van der Waals surface area (Å²) in [5.41, 5.74) is 5.56. The van der Waals surface area contributed by atoms with E-state index in [0.717, 1.165) is 19.3 Å². The summed E-state index contributed by atoms with van der Waals surface area (Å²) in [5.74, 6) is 0.342. The van der Waals surface area contributed by atoms with E-state index in [0.29, 0.717) is 19.1 Å². The molecule has 0 aliphatic carbocycles. The smallest absolute Gasteiger partial charge is 0.310 e. The summed E-state index contributed by atoms with van der Waals surface area (Å²) in [7, 11) is 0. The van der Waals surface area contributed by atoms with Gasteiger partial charge >= 0.3 is 5.97 Å². The van der Waals surface area contributed by atoms with Gasteiger partial charge in [0.2, 0.25) is 0 Å². The van der Waals surface area contributed by atoms with Crippen LogP contribution >= 0.6 is 0 Å². The molecule has 0 fully saturated rings. The molecule has 0 heterocycles. The third-order valence-electron chi connectivity index (χ3n) is 2.68. The molecule has 0 radical (unpaired) electrons. The average Bonchev–Trinajstić information content (AvgIpc) is 2.20. The molecular weight excluding hydrogens is 178 g/mol. The van der Waals surface area contributed by atoms with Crippen molar-refractivity contribution in [2.45, 2.75) is 40.0 Å². The second-order valence-electron chi connectivity index (χ2n) is 3.60. The van der Waals surface area contributed by atoms with Crippen molar-refractivity contribution in [2.24, 2.45) is 17.6 Å². The van der Waals surface area contributed by atoms with E-state index in [1.54, 1.807) is 0 Å². The van der Waals surface area contributed by atoms with Crippen molar-refractivity contribution in [3.05, 3.63) is 0 Å². The van der Waals surface area contributed by atoms with Gasteiger partial charge in [0.25, 0.3) is 0 Å². The molecule has 0 bridgehead atoms. The summed E-state index contributed by atoms with van der Waals surface area (Å²) in [4.78, 5) is 11.4. The predicted molar refractivity (Wildman–Crippen MR) is 57.9 cm³/mol.